The Morgan fingerprint density at radius 2 is 2.20 bits per heavy atom. The average molecular weight is 277 g/mol. The monoisotopic (exact) mass is 277 g/mol. The highest BCUT2D eigenvalue weighted by Gasteiger charge is 2.22. The summed E-state index contributed by atoms with van der Waals surface area (Å²) in [6.07, 6.45) is 11.0. The van der Waals surface area contributed by atoms with Gasteiger partial charge in [-0.15, -0.1) is 0 Å². The van der Waals surface area contributed by atoms with Crippen molar-refractivity contribution in [2.45, 2.75) is 64.5 Å². The summed E-state index contributed by atoms with van der Waals surface area (Å²) >= 11 is 0. The Balaban J connectivity index is 1.52. The number of oxazole rings is 1. The van der Waals surface area contributed by atoms with Crippen molar-refractivity contribution < 1.29 is 4.42 Å². The van der Waals surface area contributed by atoms with Gasteiger partial charge in [0.1, 0.15) is 6.26 Å². The molecule has 4 heteroatoms. The fourth-order valence-electron chi connectivity index (χ4n) is 3.11. The Morgan fingerprint density at radius 1 is 1.30 bits per heavy atom. The largest absolute Gasteiger partial charge is 0.432 e. The molecule has 0 amide bonds. The molecule has 1 aliphatic heterocycles. The van der Waals surface area contributed by atoms with E-state index in [1.165, 1.54) is 44.9 Å². The maximum atomic E-state index is 5.68. The van der Waals surface area contributed by atoms with E-state index in [-0.39, 0.29) is 0 Å². The molecule has 0 spiro atoms. The Morgan fingerprint density at radius 3 is 3.00 bits per heavy atom. The van der Waals surface area contributed by atoms with E-state index >= 15 is 0 Å². The van der Waals surface area contributed by atoms with E-state index in [4.69, 9.17) is 4.42 Å². The van der Waals surface area contributed by atoms with Gasteiger partial charge >= 0.3 is 0 Å². The Bertz CT molecular complexity index is 414. The molecule has 1 aromatic rings. The van der Waals surface area contributed by atoms with Gasteiger partial charge < -0.3 is 14.6 Å². The molecule has 1 atom stereocenters. The van der Waals surface area contributed by atoms with E-state index in [1.807, 2.05) is 6.26 Å². The van der Waals surface area contributed by atoms with Gasteiger partial charge in [0.2, 0.25) is 0 Å². The van der Waals surface area contributed by atoms with Crippen molar-refractivity contribution in [1.29, 1.82) is 0 Å². The van der Waals surface area contributed by atoms with Gasteiger partial charge in [-0.3, -0.25) is 0 Å². The van der Waals surface area contributed by atoms with E-state index in [0.29, 0.717) is 0 Å². The minimum atomic E-state index is 0.725. The maximum Gasteiger partial charge on any atom is 0.297 e. The summed E-state index contributed by atoms with van der Waals surface area (Å²) in [5, 5.41) is 3.48. The number of hydrogen-bond acceptors (Lipinski definition) is 4. The van der Waals surface area contributed by atoms with Crippen molar-refractivity contribution in [3.63, 3.8) is 0 Å². The minimum absolute atomic E-state index is 0.725. The van der Waals surface area contributed by atoms with Crippen LogP contribution in [0.4, 0.5) is 6.01 Å². The topological polar surface area (TPSA) is 41.3 Å². The number of rotatable bonds is 6. The average Bonchev–Trinajstić information content (AvgIpc) is 3.21. The van der Waals surface area contributed by atoms with Gasteiger partial charge in [0.05, 0.1) is 5.69 Å². The van der Waals surface area contributed by atoms with Crippen LogP contribution in [0.25, 0.3) is 0 Å². The zero-order valence-electron chi connectivity index (χ0n) is 12.6. The molecule has 3 rings (SSSR count). The highest BCUT2D eigenvalue weighted by atomic mass is 16.4. The molecule has 1 aromatic heterocycles. The summed E-state index contributed by atoms with van der Waals surface area (Å²) in [5.74, 6) is 0.899. The van der Waals surface area contributed by atoms with Gasteiger partial charge in [0, 0.05) is 25.7 Å². The third-order valence-corrected chi connectivity index (χ3v) is 4.50. The van der Waals surface area contributed by atoms with Crippen molar-refractivity contribution in [2.75, 3.05) is 18.0 Å². The Hall–Kier alpha value is -1.03. The van der Waals surface area contributed by atoms with Crippen LogP contribution in [0.3, 0.4) is 0 Å². The van der Waals surface area contributed by atoms with Crippen LogP contribution in [0.5, 0.6) is 0 Å². The molecule has 4 nitrogen and oxygen atoms in total. The van der Waals surface area contributed by atoms with Gasteiger partial charge in [-0.2, -0.15) is 4.98 Å². The smallest absolute Gasteiger partial charge is 0.297 e. The van der Waals surface area contributed by atoms with E-state index in [0.717, 1.165) is 43.3 Å². The standard InChI is InChI=1S/C16H27N3O/c1-2-4-13-5-3-9-19(10-8-13)16-18-15(12-20-16)11-17-14-6-7-14/h12-14,17H,2-11H2,1H3. The molecule has 112 valence electrons. The highest BCUT2D eigenvalue weighted by Crippen LogP contribution is 2.25. The van der Waals surface area contributed by atoms with Crippen LogP contribution in [0.2, 0.25) is 0 Å². The van der Waals surface area contributed by atoms with Crippen molar-refractivity contribution in [3.05, 3.63) is 12.0 Å². The zero-order chi connectivity index (χ0) is 13.8. The fourth-order valence-corrected chi connectivity index (χ4v) is 3.11. The first kappa shape index (κ1) is 13.9. The normalized spacial score (nSPS) is 23.9. The molecular formula is C16H27N3O. The summed E-state index contributed by atoms with van der Waals surface area (Å²) < 4.78 is 5.68. The van der Waals surface area contributed by atoms with Gasteiger partial charge in [-0.1, -0.05) is 19.8 Å². The summed E-state index contributed by atoms with van der Waals surface area (Å²) in [6.45, 7) is 5.33. The van der Waals surface area contributed by atoms with Crippen molar-refractivity contribution in [3.8, 4) is 0 Å². The van der Waals surface area contributed by atoms with Crippen LogP contribution < -0.4 is 10.2 Å². The lowest BCUT2D eigenvalue weighted by Gasteiger charge is -2.17. The predicted molar refractivity (Wildman–Crippen MR) is 80.8 cm³/mol. The maximum absolute atomic E-state index is 5.68. The second kappa shape index (κ2) is 6.61. The molecule has 2 aliphatic rings. The van der Waals surface area contributed by atoms with Crippen LogP contribution in [-0.4, -0.2) is 24.1 Å². The molecule has 1 N–H and O–H groups in total. The van der Waals surface area contributed by atoms with Gasteiger partial charge in [0.25, 0.3) is 6.01 Å². The molecule has 1 aliphatic carbocycles. The second-order valence-electron chi connectivity index (χ2n) is 6.35. The first-order chi connectivity index (χ1) is 9.85. The Kier molecular flexibility index (Phi) is 4.61. The lowest BCUT2D eigenvalue weighted by atomic mass is 9.96. The lowest BCUT2D eigenvalue weighted by molar-refractivity contribution is 0.434. The summed E-state index contributed by atoms with van der Waals surface area (Å²) in [5.41, 5.74) is 1.04. The van der Waals surface area contributed by atoms with Crippen molar-refractivity contribution in [2.24, 2.45) is 5.92 Å². The number of aromatic nitrogens is 1. The SMILES string of the molecule is CCCC1CCCN(c2nc(CNC3CC3)co2)CC1. The molecule has 1 saturated heterocycles. The molecule has 0 bridgehead atoms. The van der Waals surface area contributed by atoms with Gasteiger partial charge in [0.15, 0.2) is 0 Å². The summed E-state index contributed by atoms with van der Waals surface area (Å²) in [6, 6.07) is 1.55. The van der Waals surface area contributed by atoms with Gasteiger partial charge in [-0.25, -0.2) is 0 Å². The van der Waals surface area contributed by atoms with E-state index in [1.54, 1.807) is 0 Å². The molecule has 20 heavy (non-hydrogen) atoms. The number of anilines is 1. The van der Waals surface area contributed by atoms with Crippen LogP contribution in [0.15, 0.2) is 10.7 Å². The second-order valence-corrected chi connectivity index (χ2v) is 6.35. The first-order valence-corrected chi connectivity index (χ1v) is 8.28. The number of nitrogens with one attached hydrogen (secondary N) is 1. The van der Waals surface area contributed by atoms with Crippen molar-refractivity contribution in [1.82, 2.24) is 10.3 Å². The van der Waals surface area contributed by atoms with E-state index in [2.05, 4.69) is 22.1 Å². The summed E-state index contributed by atoms with van der Waals surface area (Å²) in [4.78, 5) is 6.97. The molecule has 1 unspecified atom stereocenters. The van der Waals surface area contributed by atoms with Crippen LogP contribution >= 0.6 is 0 Å². The molecule has 1 saturated carbocycles. The Labute approximate surface area is 121 Å². The quantitative estimate of drug-likeness (QED) is 0.866. The van der Waals surface area contributed by atoms with Gasteiger partial charge in [-0.05, 0) is 38.0 Å². The lowest BCUT2D eigenvalue weighted by Crippen LogP contribution is -2.24. The first-order valence-electron chi connectivity index (χ1n) is 8.28. The zero-order valence-corrected chi connectivity index (χ0v) is 12.6. The fraction of sp³-hybridized carbons (Fsp3) is 0.812. The molecule has 0 radical (unpaired) electrons. The third-order valence-electron chi connectivity index (χ3n) is 4.50. The van der Waals surface area contributed by atoms with E-state index in [9.17, 15) is 0 Å². The van der Waals surface area contributed by atoms with Crippen molar-refractivity contribution >= 4 is 6.01 Å². The third kappa shape index (κ3) is 3.75. The molecule has 2 fully saturated rings. The van der Waals surface area contributed by atoms with E-state index < -0.39 is 0 Å². The molecule has 0 aromatic carbocycles. The van der Waals surface area contributed by atoms with Crippen LogP contribution in [0.1, 0.15) is 57.6 Å². The summed E-state index contributed by atoms with van der Waals surface area (Å²) in [7, 11) is 0. The molecule has 2 heterocycles. The van der Waals surface area contributed by atoms with Crippen LogP contribution in [0, 0.1) is 5.92 Å². The minimum Gasteiger partial charge on any atom is -0.432 e. The highest BCUT2D eigenvalue weighted by molar-refractivity contribution is 5.27. The van der Waals surface area contributed by atoms with Crippen LogP contribution in [-0.2, 0) is 6.54 Å². The number of nitrogens with zero attached hydrogens (tertiary/aromatic N) is 2. The number of hydrogen-bond donors (Lipinski definition) is 1. The predicted octanol–water partition coefficient (Wildman–Crippen LogP) is 3.33. The molecular weight excluding hydrogens is 250 g/mol.